The molecule has 0 saturated heterocycles. The van der Waals surface area contributed by atoms with Gasteiger partial charge < -0.3 is 4.74 Å². The van der Waals surface area contributed by atoms with Crippen LogP contribution in [0.3, 0.4) is 0 Å². The van der Waals surface area contributed by atoms with Crippen LogP contribution in [0.1, 0.15) is 104 Å². The lowest BCUT2D eigenvalue weighted by Crippen LogP contribution is -2.34. The molecule has 2 heteroatoms. The fraction of sp³-hybridized carbons (Fsp3) is 0.955. The summed E-state index contributed by atoms with van der Waals surface area (Å²) in [5, 5.41) is 9.74. The molecule has 0 N–H and O–H groups in total. The van der Waals surface area contributed by atoms with Crippen LogP contribution in [0.15, 0.2) is 0 Å². The van der Waals surface area contributed by atoms with Crippen molar-refractivity contribution in [1.82, 2.24) is 0 Å². The Morgan fingerprint density at radius 3 is 1.92 bits per heavy atom. The second kappa shape index (κ2) is 10.4. The number of nitrogens with zero attached hydrogens (tertiary/aromatic N) is 1. The SMILES string of the molecule is CCCC[C@H]1CC[C@H](OC[C@]2(C#N)CC[C@H](CCCC)CC2)CC1. The van der Waals surface area contributed by atoms with E-state index in [1.807, 2.05) is 0 Å². The highest BCUT2D eigenvalue weighted by atomic mass is 16.5. The Labute approximate surface area is 150 Å². The Kier molecular flexibility index (Phi) is 8.60. The average Bonchev–Trinajstić information content (AvgIpc) is 2.65. The van der Waals surface area contributed by atoms with Crippen molar-refractivity contribution in [1.29, 1.82) is 5.26 Å². The van der Waals surface area contributed by atoms with Gasteiger partial charge in [-0.15, -0.1) is 0 Å². The van der Waals surface area contributed by atoms with E-state index in [1.54, 1.807) is 0 Å². The van der Waals surface area contributed by atoms with Gasteiger partial charge in [0.1, 0.15) is 0 Å². The van der Waals surface area contributed by atoms with Crippen molar-refractivity contribution >= 4 is 0 Å². The molecule has 2 aliphatic rings. The lowest BCUT2D eigenvalue weighted by molar-refractivity contribution is -0.0299. The maximum atomic E-state index is 9.74. The molecule has 2 nitrogen and oxygen atoms in total. The predicted octanol–water partition coefficient (Wildman–Crippen LogP) is 6.64. The minimum atomic E-state index is -0.179. The summed E-state index contributed by atoms with van der Waals surface area (Å²) in [6.45, 7) is 5.24. The standard InChI is InChI=1S/C22H39NO/c1-3-5-7-19-9-11-21(12-10-19)24-18-22(17-23)15-13-20(14-16-22)8-6-4-2/h19-21H,3-16,18H2,1-2H3/t19-,20-,21-,22+. The highest BCUT2D eigenvalue weighted by molar-refractivity contribution is 5.02. The van der Waals surface area contributed by atoms with E-state index in [2.05, 4.69) is 19.9 Å². The van der Waals surface area contributed by atoms with Crippen LogP contribution in [-0.4, -0.2) is 12.7 Å². The van der Waals surface area contributed by atoms with Crippen molar-refractivity contribution in [2.45, 2.75) is 110 Å². The first-order valence-corrected chi connectivity index (χ1v) is 10.7. The van der Waals surface area contributed by atoms with Gasteiger partial charge in [0.25, 0.3) is 0 Å². The average molecular weight is 334 g/mol. The lowest BCUT2D eigenvalue weighted by atomic mass is 9.70. The zero-order valence-electron chi connectivity index (χ0n) is 16.2. The molecule has 0 bridgehead atoms. The predicted molar refractivity (Wildman–Crippen MR) is 101 cm³/mol. The molecular formula is C22H39NO. The zero-order chi connectivity index (χ0) is 17.3. The molecule has 2 saturated carbocycles. The Morgan fingerprint density at radius 2 is 1.42 bits per heavy atom. The molecule has 0 spiro atoms. The number of hydrogen-bond acceptors (Lipinski definition) is 2. The van der Waals surface area contributed by atoms with Crippen molar-refractivity contribution < 1.29 is 4.74 Å². The summed E-state index contributed by atoms with van der Waals surface area (Å²) in [6.07, 6.45) is 18.2. The van der Waals surface area contributed by atoms with E-state index in [4.69, 9.17) is 4.74 Å². The third-order valence-electron chi connectivity index (χ3n) is 6.62. The molecule has 24 heavy (non-hydrogen) atoms. The van der Waals surface area contributed by atoms with Gasteiger partial charge in [-0.1, -0.05) is 52.4 Å². The fourth-order valence-electron chi connectivity index (χ4n) is 4.66. The molecule has 0 amide bonds. The topological polar surface area (TPSA) is 33.0 Å². The number of nitriles is 1. The quantitative estimate of drug-likeness (QED) is 0.473. The van der Waals surface area contributed by atoms with Gasteiger partial charge in [-0.2, -0.15) is 5.26 Å². The molecule has 0 aliphatic heterocycles. The van der Waals surface area contributed by atoms with Gasteiger partial charge in [0.2, 0.25) is 0 Å². The molecule has 2 aliphatic carbocycles. The Hall–Kier alpha value is -0.550. The van der Waals surface area contributed by atoms with E-state index < -0.39 is 0 Å². The molecule has 2 rings (SSSR count). The summed E-state index contributed by atoms with van der Waals surface area (Å²) >= 11 is 0. The molecule has 0 heterocycles. The Morgan fingerprint density at radius 1 is 0.875 bits per heavy atom. The van der Waals surface area contributed by atoms with Crippen molar-refractivity contribution in [3.05, 3.63) is 0 Å². The summed E-state index contributed by atoms with van der Waals surface area (Å²) in [5.41, 5.74) is -0.179. The first kappa shape index (κ1) is 19.8. The van der Waals surface area contributed by atoms with Crippen molar-refractivity contribution in [2.24, 2.45) is 17.3 Å². The maximum absolute atomic E-state index is 9.74. The van der Waals surface area contributed by atoms with E-state index in [0.29, 0.717) is 12.7 Å². The van der Waals surface area contributed by atoms with Crippen LogP contribution in [0.4, 0.5) is 0 Å². The third kappa shape index (κ3) is 6.07. The van der Waals surface area contributed by atoms with Crippen LogP contribution in [0, 0.1) is 28.6 Å². The minimum absolute atomic E-state index is 0.179. The van der Waals surface area contributed by atoms with E-state index in [0.717, 1.165) is 24.7 Å². The Balaban J connectivity index is 1.68. The van der Waals surface area contributed by atoms with Crippen LogP contribution in [0.5, 0.6) is 0 Å². The van der Waals surface area contributed by atoms with Crippen LogP contribution < -0.4 is 0 Å². The van der Waals surface area contributed by atoms with Crippen LogP contribution in [0.2, 0.25) is 0 Å². The first-order chi connectivity index (χ1) is 11.7. The van der Waals surface area contributed by atoms with Gasteiger partial charge in [0.15, 0.2) is 0 Å². The van der Waals surface area contributed by atoms with Crippen molar-refractivity contribution in [3.63, 3.8) is 0 Å². The third-order valence-corrected chi connectivity index (χ3v) is 6.62. The summed E-state index contributed by atoms with van der Waals surface area (Å²) in [7, 11) is 0. The largest absolute Gasteiger partial charge is 0.377 e. The summed E-state index contributed by atoms with van der Waals surface area (Å²) in [5.74, 6) is 1.80. The zero-order valence-corrected chi connectivity index (χ0v) is 16.2. The van der Waals surface area contributed by atoms with Gasteiger partial charge in [0, 0.05) is 0 Å². The molecule has 0 unspecified atom stereocenters. The number of unbranched alkanes of at least 4 members (excludes halogenated alkanes) is 2. The highest BCUT2D eigenvalue weighted by Crippen LogP contribution is 2.41. The molecule has 0 aromatic rings. The molecule has 138 valence electrons. The highest BCUT2D eigenvalue weighted by Gasteiger charge is 2.36. The van der Waals surface area contributed by atoms with Crippen LogP contribution >= 0.6 is 0 Å². The minimum Gasteiger partial charge on any atom is -0.377 e. The fourth-order valence-corrected chi connectivity index (χ4v) is 4.66. The molecule has 0 aromatic heterocycles. The number of hydrogen-bond donors (Lipinski definition) is 0. The van der Waals surface area contributed by atoms with Crippen LogP contribution in [-0.2, 0) is 4.74 Å². The summed E-state index contributed by atoms with van der Waals surface area (Å²) in [4.78, 5) is 0. The van der Waals surface area contributed by atoms with Crippen molar-refractivity contribution in [2.75, 3.05) is 6.61 Å². The smallest absolute Gasteiger partial charge is 0.0807 e. The molecule has 0 radical (unpaired) electrons. The van der Waals surface area contributed by atoms with Gasteiger partial charge in [-0.3, -0.25) is 0 Å². The molecule has 0 aromatic carbocycles. The first-order valence-electron chi connectivity index (χ1n) is 10.7. The Bertz CT molecular complexity index is 370. The van der Waals surface area contributed by atoms with Crippen LogP contribution in [0.25, 0.3) is 0 Å². The summed E-state index contributed by atoms with van der Waals surface area (Å²) in [6, 6.07) is 2.65. The molecule has 0 atom stereocenters. The number of rotatable bonds is 9. The second-order valence-electron chi connectivity index (χ2n) is 8.57. The number of ether oxygens (including phenoxy) is 1. The van der Waals surface area contributed by atoms with Gasteiger partial charge >= 0.3 is 0 Å². The van der Waals surface area contributed by atoms with E-state index >= 15 is 0 Å². The van der Waals surface area contributed by atoms with E-state index in [-0.39, 0.29) is 5.41 Å². The lowest BCUT2D eigenvalue weighted by Gasteiger charge is -2.37. The molecule has 2 fully saturated rings. The monoisotopic (exact) mass is 333 g/mol. The second-order valence-corrected chi connectivity index (χ2v) is 8.57. The van der Waals surface area contributed by atoms with Gasteiger partial charge in [0.05, 0.1) is 24.2 Å². The van der Waals surface area contributed by atoms with E-state index in [1.165, 1.54) is 77.0 Å². The normalized spacial score (nSPS) is 34.0. The van der Waals surface area contributed by atoms with E-state index in [9.17, 15) is 5.26 Å². The summed E-state index contributed by atoms with van der Waals surface area (Å²) < 4.78 is 6.26. The van der Waals surface area contributed by atoms with Crippen molar-refractivity contribution in [3.8, 4) is 6.07 Å². The van der Waals surface area contributed by atoms with Gasteiger partial charge in [-0.25, -0.2) is 0 Å². The maximum Gasteiger partial charge on any atom is 0.0807 e. The molecular weight excluding hydrogens is 294 g/mol. The van der Waals surface area contributed by atoms with Gasteiger partial charge in [-0.05, 0) is 63.2 Å².